The number of hydrogen-bond acceptors (Lipinski definition) is 2. The average Bonchev–Trinajstić information content (AvgIpc) is 2.60. The zero-order chi connectivity index (χ0) is 10.8. The van der Waals surface area contributed by atoms with Gasteiger partial charge in [-0.1, -0.05) is 26.2 Å². The van der Waals surface area contributed by atoms with Gasteiger partial charge in [-0.05, 0) is 25.7 Å². The molecule has 1 aromatic heterocycles. The number of hydrogen-bond donors (Lipinski definition) is 1. The molecule has 0 radical (unpaired) electrons. The molecule has 2 N–H and O–H groups in total. The van der Waals surface area contributed by atoms with E-state index >= 15 is 0 Å². The molecule has 2 atom stereocenters. The van der Waals surface area contributed by atoms with Crippen molar-refractivity contribution in [1.82, 2.24) is 9.78 Å². The van der Waals surface area contributed by atoms with Crippen LogP contribution in [0.25, 0.3) is 0 Å². The van der Waals surface area contributed by atoms with Gasteiger partial charge in [0.05, 0.1) is 23.6 Å². The van der Waals surface area contributed by atoms with Crippen molar-refractivity contribution in [3.05, 3.63) is 11.9 Å². The normalized spacial score (nSPS) is 26.8. The number of nitrogen functional groups attached to an aromatic ring is 1. The maximum absolute atomic E-state index is 5.85. The second-order valence-corrected chi connectivity index (χ2v) is 4.65. The third kappa shape index (κ3) is 1.87. The summed E-state index contributed by atoms with van der Waals surface area (Å²) in [6, 6.07) is 0.584. The van der Waals surface area contributed by atoms with Crippen LogP contribution in [0.4, 0.5) is 5.69 Å². The van der Waals surface area contributed by atoms with Crippen LogP contribution in [0, 0.1) is 12.8 Å². The molecule has 15 heavy (non-hydrogen) atoms. The van der Waals surface area contributed by atoms with Gasteiger partial charge in [-0.3, -0.25) is 4.68 Å². The van der Waals surface area contributed by atoms with Crippen LogP contribution in [0.1, 0.15) is 50.8 Å². The second kappa shape index (κ2) is 4.25. The third-order valence-electron chi connectivity index (χ3n) is 3.79. The van der Waals surface area contributed by atoms with Gasteiger partial charge in [0.15, 0.2) is 0 Å². The zero-order valence-corrected chi connectivity index (χ0v) is 9.74. The predicted molar refractivity (Wildman–Crippen MR) is 62.7 cm³/mol. The van der Waals surface area contributed by atoms with Crippen molar-refractivity contribution < 1.29 is 0 Å². The summed E-state index contributed by atoms with van der Waals surface area (Å²) >= 11 is 0. The van der Waals surface area contributed by atoms with Gasteiger partial charge in [0.1, 0.15) is 0 Å². The summed E-state index contributed by atoms with van der Waals surface area (Å²) in [6.45, 7) is 4.36. The molecule has 1 aliphatic carbocycles. The monoisotopic (exact) mass is 207 g/mol. The lowest BCUT2D eigenvalue weighted by Crippen LogP contribution is -2.24. The fourth-order valence-electron chi connectivity index (χ4n) is 2.76. The van der Waals surface area contributed by atoms with Crippen LogP contribution in [0.3, 0.4) is 0 Å². The number of anilines is 1. The molecule has 1 saturated carbocycles. The Morgan fingerprint density at radius 2 is 2.20 bits per heavy atom. The summed E-state index contributed by atoms with van der Waals surface area (Å²) in [6.07, 6.45) is 8.37. The first-order valence-electron chi connectivity index (χ1n) is 6.03. The molecule has 1 heterocycles. The van der Waals surface area contributed by atoms with Gasteiger partial charge in [-0.2, -0.15) is 5.10 Å². The maximum atomic E-state index is 5.85. The highest BCUT2D eigenvalue weighted by Gasteiger charge is 2.26. The van der Waals surface area contributed by atoms with Gasteiger partial charge in [-0.15, -0.1) is 0 Å². The molecule has 3 nitrogen and oxygen atoms in total. The predicted octanol–water partition coefficient (Wildman–Crippen LogP) is 2.92. The van der Waals surface area contributed by atoms with E-state index in [1.165, 1.54) is 32.1 Å². The smallest absolute Gasteiger partial charge is 0.0730 e. The van der Waals surface area contributed by atoms with Gasteiger partial charge >= 0.3 is 0 Å². The van der Waals surface area contributed by atoms with Gasteiger partial charge in [0, 0.05) is 0 Å². The maximum Gasteiger partial charge on any atom is 0.0730 e. The lowest BCUT2D eigenvalue weighted by molar-refractivity contribution is 0.214. The van der Waals surface area contributed by atoms with Gasteiger partial charge < -0.3 is 5.73 Å². The molecule has 0 saturated heterocycles. The van der Waals surface area contributed by atoms with Crippen molar-refractivity contribution in [2.24, 2.45) is 5.92 Å². The van der Waals surface area contributed by atoms with E-state index in [0.29, 0.717) is 6.04 Å². The van der Waals surface area contributed by atoms with Crippen LogP contribution in [0.2, 0.25) is 0 Å². The molecule has 1 aromatic rings. The topological polar surface area (TPSA) is 43.8 Å². The van der Waals surface area contributed by atoms with E-state index in [1.807, 2.05) is 0 Å². The van der Waals surface area contributed by atoms with Crippen molar-refractivity contribution in [2.45, 2.75) is 52.0 Å². The number of rotatable bonds is 2. The molecule has 84 valence electrons. The largest absolute Gasteiger partial charge is 0.396 e. The Bertz CT molecular complexity index is 330. The van der Waals surface area contributed by atoms with Crippen LogP contribution >= 0.6 is 0 Å². The van der Waals surface area contributed by atoms with E-state index in [-0.39, 0.29) is 0 Å². The molecule has 0 aliphatic heterocycles. The highest BCUT2D eigenvalue weighted by atomic mass is 15.3. The van der Waals surface area contributed by atoms with Crippen molar-refractivity contribution in [1.29, 1.82) is 0 Å². The van der Waals surface area contributed by atoms with Crippen LogP contribution in [-0.4, -0.2) is 9.78 Å². The highest BCUT2D eigenvalue weighted by Crippen LogP contribution is 2.36. The van der Waals surface area contributed by atoms with E-state index < -0.39 is 0 Å². The van der Waals surface area contributed by atoms with Crippen LogP contribution in [0.5, 0.6) is 0 Å². The molecule has 0 amide bonds. The Labute approximate surface area is 91.7 Å². The Morgan fingerprint density at radius 3 is 2.80 bits per heavy atom. The van der Waals surface area contributed by atoms with Crippen LogP contribution < -0.4 is 5.73 Å². The Balaban J connectivity index is 2.24. The molecule has 0 bridgehead atoms. The Kier molecular flexibility index (Phi) is 2.98. The molecule has 1 aliphatic rings. The molecule has 2 unspecified atom stereocenters. The highest BCUT2D eigenvalue weighted by molar-refractivity contribution is 5.39. The standard InChI is InChI=1S/C12H21N3/c1-3-10-6-4-5-7-12(10)15-9(2)11(13)8-14-15/h8,10,12H,3-7,13H2,1-2H3. The lowest BCUT2D eigenvalue weighted by atomic mass is 9.83. The van der Waals surface area contributed by atoms with Crippen molar-refractivity contribution in [3.63, 3.8) is 0 Å². The summed E-state index contributed by atoms with van der Waals surface area (Å²) < 4.78 is 2.16. The summed E-state index contributed by atoms with van der Waals surface area (Å²) in [5.41, 5.74) is 7.82. The first-order chi connectivity index (χ1) is 7.24. The number of nitrogens with zero attached hydrogens (tertiary/aromatic N) is 2. The fraction of sp³-hybridized carbons (Fsp3) is 0.750. The van der Waals surface area contributed by atoms with E-state index in [1.54, 1.807) is 6.20 Å². The molecule has 2 rings (SSSR count). The average molecular weight is 207 g/mol. The van der Waals surface area contributed by atoms with E-state index in [9.17, 15) is 0 Å². The van der Waals surface area contributed by atoms with Crippen LogP contribution in [-0.2, 0) is 0 Å². The molecular weight excluding hydrogens is 186 g/mol. The number of aromatic nitrogens is 2. The summed E-state index contributed by atoms with van der Waals surface area (Å²) in [5, 5.41) is 4.43. The number of nitrogens with two attached hydrogens (primary N) is 1. The first kappa shape index (κ1) is 10.5. The minimum atomic E-state index is 0.584. The third-order valence-corrected chi connectivity index (χ3v) is 3.79. The van der Waals surface area contributed by atoms with Crippen molar-refractivity contribution >= 4 is 5.69 Å². The van der Waals surface area contributed by atoms with Crippen molar-refractivity contribution in [3.8, 4) is 0 Å². The molecule has 0 spiro atoms. The Hall–Kier alpha value is -0.990. The Morgan fingerprint density at radius 1 is 1.47 bits per heavy atom. The van der Waals surface area contributed by atoms with Crippen LogP contribution in [0.15, 0.2) is 6.20 Å². The lowest BCUT2D eigenvalue weighted by Gasteiger charge is -2.31. The molecule has 0 aromatic carbocycles. The first-order valence-corrected chi connectivity index (χ1v) is 6.03. The molecule has 1 fully saturated rings. The van der Waals surface area contributed by atoms with E-state index in [4.69, 9.17) is 5.73 Å². The fourth-order valence-corrected chi connectivity index (χ4v) is 2.76. The van der Waals surface area contributed by atoms with Gasteiger partial charge in [0.2, 0.25) is 0 Å². The van der Waals surface area contributed by atoms with E-state index in [2.05, 4.69) is 23.6 Å². The molecule has 3 heteroatoms. The summed E-state index contributed by atoms with van der Waals surface area (Å²) in [7, 11) is 0. The minimum Gasteiger partial charge on any atom is -0.396 e. The SMILES string of the molecule is CCC1CCCCC1n1ncc(N)c1C. The quantitative estimate of drug-likeness (QED) is 0.810. The van der Waals surface area contributed by atoms with Gasteiger partial charge in [-0.25, -0.2) is 0 Å². The van der Waals surface area contributed by atoms with Gasteiger partial charge in [0.25, 0.3) is 0 Å². The summed E-state index contributed by atoms with van der Waals surface area (Å²) in [4.78, 5) is 0. The second-order valence-electron chi connectivity index (χ2n) is 4.65. The summed E-state index contributed by atoms with van der Waals surface area (Å²) in [5.74, 6) is 0.789. The zero-order valence-electron chi connectivity index (χ0n) is 9.74. The van der Waals surface area contributed by atoms with Crippen molar-refractivity contribution in [2.75, 3.05) is 5.73 Å². The van der Waals surface area contributed by atoms with E-state index in [0.717, 1.165) is 17.3 Å². The minimum absolute atomic E-state index is 0.584. The molecular formula is C12H21N3.